The summed E-state index contributed by atoms with van der Waals surface area (Å²) in [5, 5.41) is 4.99. The molecule has 5 nitrogen and oxygen atoms in total. The highest BCUT2D eigenvalue weighted by Crippen LogP contribution is 2.26. The van der Waals surface area contributed by atoms with E-state index in [1.54, 1.807) is 20.8 Å². The number of halogens is 1. The van der Waals surface area contributed by atoms with Gasteiger partial charge >= 0.3 is 6.09 Å². The molecule has 14 heavy (non-hydrogen) atoms. The Kier molecular flexibility index (Phi) is 3.44. The molecule has 2 N–H and O–H groups in total. The SMILES string of the molecule is CC(C)(C)OC(=O)N1N=C(Br)S[C@H]1N. The predicted molar refractivity (Wildman–Crippen MR) is 60.0 cm³/mol. The first kappa shape index (κ1) is 11.8. The third kappa shape index (κ3) is 3.14. The molecule has 0 aliphatic carbocycles. The molecule has 0 saturated carbocycles. The van der Waals surface area contributed by atoms with Crippen LogP contribution >= 0.6 is 27.7 Å². The van der Waals surface area contributed by atoms with Gasteiger partial charge in [-0.2, -0.15) is 10.1 Å². The number of carbonyl (C=O) groups is 1. The van der Waals surface area contributed by atoms with E-state index >= 15 is 0 Å². The van der Waals surface area contributed by atoms with Gasteiger partial charge in [0.1, 0.15) is 5.60 Å². The summed E-state index contributed by atoms with van der Waals surface area (Å²) < 4.78 is 5.69. The van der Waals surface area contributed by atoms with E-state index in [1.807, 2.05) is 0 Å². The number of thioether (sulfide) groups is 1. The van der Waals surface area contributed by atoms with E-state index in [0.29, 0.717) is 3.95 Å². The van der Waals surface area contributed by atoms with Crippen LogP contribution in [0.3, 0.4) is 0 Å². The highest BCUT2D eigenvalue weighted by molar-refractivity contribution is 9.22. The molecule has 1 heterocycles. The molecular formula is C7H12BrN3O2S. The molecule has 1 rings (SSSR count). The second-order valence-corrected chi connectivity index (χ2v) is 6.07. The van der Waals surface area contributed by atoms with Gasteiger partial charge < -0.3 is 10.5 Å². The van der Waals surface area contributed by atoms with Crippen molar-refractivity contribution in [3.05, 3.63) is 0 Å². The van der Waals surface area contributed by atoms with Gasteiger partial charge in [0.25, 0.3) is 0 Å². The lowest BCUT2D eigenvalue weighted by molar-refractivity contribution is 0.0245. The lowest BCUT2D eigenvalue weighted by Crippen LogP contribution is -2.40. The maximum absolute atomic E-state index is 11.5. The van der Waals surface area contributed by atoms with Crippen LogP contribution in [0.1, 0.15) is 20.8 Å². The zero-order valence-corrected chi connectivity index (χ0v) is 10.6. The van der Waals surface area contributed by atoms with Crippen LogP contribution in [0.15, 0.2) is 5.10 Å². The van der Waals surface area contributed by atoms with Crippen molar-refractivity contribution in [3.63, 3.8) is 0 Å². The molecule has 0 saturated heterocycles. The number of nitrogens with zero attached hydrogens (tertiary/aromatic N) is 2. The van der Waals surface area contributed by atoms with Crippen LogP contribution in [-0.4, -0.2) is 26.2 Å². The molecule has 0 aromatic rings. The van der Waals surface area contributed by atoms with E-state index in [-0.39, 0.29) is 0 Å². The fraction of sp³-hybridized carbons (Fsp3) is 0.714. The maximum Gasteiger partial charge on any atom is 0.433 e. The number of nitrogens with two attached hydrogens (primary N) is 1. The number of amides is 1. The first-order valence-electron chi connectivity index (χ1n) is 3.98. The fourth-order valence-corrected chi connectivity index (χ4v) is 2.08. The quantitative estimate of drug-likeness (QED) is 0.736. The molecule has 80 valence electrons. The van der Waals surface area contributed by atoms with Crippen LogP contribution in [0.5, 0.6) is 0 Å². The molecule has 0 spiro atoms. The van der Waals surface area contributed by atoms with Gasteiger partial charge in [-0.15, -0.1) is 0 Å². The zero-order valence-electron chi connectivity index (χ0n) is 8.15. The summed E-state index contributed by atoms with van der Waals surface area (Å²) in [4.78, 5) is 11.5. The van der Waals surface area contributed by atoms with Gasteiger partial charge in [0, 0.05) is 0 Å². The van der Waals surface area contributed by atoms with E-state index in [4.69, 9.17) is 10.5 Å². The van der Waals surface area contributed by atoms with E-state index in [0.717, 1.165) is 5.01 Å². The second-order valence-electron chi connectivity index (χ2n) is 3.69. The number of ether oxygens (including phenoxy) is 1. The summed E-state index contributed by atoms with van der Waals surface area (Å²) in [5.74, 6) is 0. The largest absolute Gasteiger partial charge is 0.442 e. The van der Waals surface area contributed by atoms with Crippen LogP contribution in [-0.2, 0) is 4.74 Å². The monoisotopic (exact) mass is 281 g/mol. The summed E-state index contributed by atoms with van der Waals surface area (Å²) in [6.07, 6.45) is -0.535. The van der Waals surface area contributed by atoms with E-state index < -0.39 is 17.2 Å². The highest BCUT2D eigenvalue weighted by atomic mass is 79.9. The normalized spacial score (nSPS) is 22.2. The minimum Gasteiger partial charge on any atom is -0.442 e. The Balaban J connectivity index is 2.62. The predicted octanol–water partition coefficient (Wildman–Crippen LogP) is 1.88. The number of hydrazone groups is 1. The number of rotatable bonds is 0. The average molecular weight is 282 g/mol. The first-order chi connectivity index (χ1) is 6.29. The molecule has 0 bridgehead atoms. The van der Waals surface area contributed by atoms with Crippen LogP contribution in [0.25, 0.3) is 0 Å². The van der Waals surface area contributed by atoms with Crippen molar-refractivity contribution in [2.75, 3.05) is 0 Å². The lowest BCUT2D eigenvalue weighted by Gasteiger charge is -2.23. The Hall–Kier alpha value is -0.270. The van der Waals surface area contributed by atoms with Gasteiger partial charge in [0.2, 0.25) is 0 Å². The maximum atomic E-state index is 11.5. The van der Waals surface area contributed by atoms with E-state index in [2.05, 4.69) is 21.0 Å². The van der Waals surface area contributed by atoms with Crippen molar-refractivity contribution in [1.29, 1.82) is 0 Å². The van der Waals surface area contributed by atoms with Crippen molar-refractivity contribution in [2.45, 2.75) is 31.9 Å². The number of hydrogen-bond acceptors (Lipinski definition) is 5. The Morgan fingerprint density at radius 1 is 1.71 bits per heavy atom. The molecule has 0 aromatic heterocycles. The third-order valence-corrected chi connectivity index (χ3v) is 2.66. The Labute approximate surface area is 95.2 Å². The lowest BCUT2D eigenvalue weighted by atomic mass is 10.2. The summed E-state index contributed by atoms with van der Waals surface area (Å²) in [6, 6.07) is 0. The number of carbonyl (C=O) groups excluding carboxylic acids is 1. The molecule has 0 fully saturated rings. The van der Waals surface area contributed by atoms with Crippen molar-refractivity contribution < 1.29 is 9.53 Å². The Bertz CT molecular complexity index is 277. The Morgan fingerprint density at radius 2 is 2.29 bits per heavy atom. The fourth-order valence-electron chi connectivity index (χ4n) is 0.768. The van der Waals surface area contributed by atoms with Gasteiger partial charge in [-0.3, -0.25) is 0 Å². The topological polar surface area (TPSA) is 67.9 Å². The van der Waals surface area contributed by atoms with Crippen molar-refractivity contribution in [1.82, 2.24) is 5.01 Å². The summed E-state index contributed by atoms with van der Waals surface area (Å²) >= 11 is 4.40. The highest BCUT2D eigenvalue weighted by Gasteiger charge is 2.31. The van der Waals surface area contributed by atoms with Crippen molar-refractivity contribution in [2.24, 2.45) is 10.8 Å². The molecule has 0 radical (unpaired) electrons. The van der Waals surface area contributed by atoms with E-state index in [9.17, 15) is 4.79 Å². The van der Waals surface area contributed by atoms with Crippen molar-refractivity contribution in [3.8, 4) is 0 Å². The summed E-state index contributed by atoms with van der Waals surface area (Å²) in [5.41, 5.74) is 4.58. The molecule has 1 amide bonds. The van der Waals surface area contributed by atoms with Gasteiger partial charge in [0.15, 0.2) is 9.45 Å². The first-order valence-corrected chi connectivity index (χ1v) is 5.65. The van der Waals surface area contributed by atoms with Gasteiger partial charge in [0.05, 0.1) is 0 Å². The summed E-state index contributed by atoms with van der Waals surface area (Å²) in [6.45, 7) is 5.37. The number of hydrogen-bond donors (Lipinski definition) is 1. The molecule has 1 atom stereocenters. The van der Waals surface area contributed by atoms with Gasteiger partial charge in [-0.25, -0.2) is 4.79 Å². The van der Waals surface area contributed by atoms with Crippen LogP contribution in [0.2, 0.25) is 0 Å². The third-order valence-electron chi connectivity index (χ3n) is 1.23. The van der Waals surface area contributed by atoms with Crippen molar-refractivity contribution >= 4 is 37.7 Å². The second kappa shape index (κ2) is 4.08. The molecular weight excluding hydrogens is 270 g/mol. The van der Waals surface area contributed by atoms with Crippen LogP contribution in [0, 0.1) is 0 Å². The minimum atomic E-state index is -0.536. The van der Waals surface area contributed by atoms with E-state index in [1.165, 1.54) is 11.8 Å². The smallest absolute Gasteiger partial charge is 0.433 e. The standard InChI is InChI=1S/C7H12BrN3O2S/c1-7(2,3)13-6(12)11-5(9)14-4(8)10-11/h5H,9H2,1-3H3/t5-/m0/s1. The molecule has 7 heteroatoms. The van der Waals surface area contributed by atoms with Gasteiger partial charge in [-0.05, 0) is 36.7 Å². The zero-order chi connectivity index (χ0) is 10.9. The average Bonchev–Trinajstić information content (AvgIpc) is 2.26. The van der Waals surface area contributed by atoms with Gasteiger partial charge in [-0.1, -0.05) is 11.8 Å². The van der Waals surface area contributed by atoms with Crippen LogP contribution in [0.4, 0.5) is 4.79 Å². The summed E-state index contributed by atoms with van der Waals surface area (Å²) in [7, 11) is 0. The molecule has 1 aliphatic rings. The molecule has 0 aromatic carbocycles. The minimum absolute atomic E-state index is 0.515. The van der Waals surface area contributed by atoms with Crippen LogP contribution < -0.4 is 5.73 Å². The molecule has 0 unspecified atom stereocenters. The Morgan fingerprint density at radius 3 is 2.64 bits per heavy atom. The molecule has 1 aliphatic heterocycles.